The Morgan fingerprint density at radius 2 is 1.74 bits per heavy atom. The summed E-state index contributed by atoms with van der Waals surface area (Å²) in [7, 11) is 0. The molecular formula is C18H19N3O2. The summed E-state index contributed by atoms with van der Waals surface area (Å²) in [5.74, 6) is 1.38. The first-order valence-electron chi connectivity index (χ1n) is 8.06. The average Bonchev–Trinajstić information content (AvgIpc) is 3.39. The fraction of sp³-hybridized carbons (Fsp3) is 0.389. The van der Waals surface area contributed by atoms with Gasteiger partial charge in [0.05, 0.1) is 5.92 Å². The van der Waals surface area contributed by atoms with Gasteiger partial charge in [-0.1, -0.05) is 30.3 Å². The molecule has 2 fully saturated rings. The fourth-order valence-corrected chi connectivity index (χ4v) is 2.96. The van der Waals surface area contributed by atoms with E-state index in [1.165, 1.54) is 18.4 Å². The summed E-state index contributed by atoms with van der Waals surface area (Å²) < 4.78 is 0. The molecule has 1 aromatic carbocycles. The molecule has 1 unspecified atom stereocenters. The SMILES string of the molecule is O=C(C(O)c1ccccc1)N1CC(c2ncc(C3CC3)cn2)C1. The van der Waals surface area contributed by atoms with Gasteiger partial charge in [0, 0.05) is 25.5 Å². The van der Waals surface area contributed by atoms with Crippen molar-refractivity contribution in [3.05, 3.63) is 59.7 Å². The third-order valence-corrected chi connectivity index (χ3v) is 4.65. The molecule has 1 saturated heterocycles. The van der Waals surface area contributed by atoms with E-state index in [0.717, 1.165) is 5.82 Å². The van der Waals surface area contributed by atoms with Crippen molar-refractivity contribution >= 4 is 5.91 Å². The second kappa shape index (κ2) is 5.74. The summed E-state index contributed by atoms with van der Waals surface area (Å²) in [4.78, 5) is 22.9. The molecule has 0 radical (unpaired) electrons. The molecule has 1 aliphatic carbocycles. The highest BCUT2D eigenvalue weighted by Crippen LogP contribution is 2.39. The van der Waals surface area contributed by atoms with Crippen LogP contribution < -0.4 is 0 Å². The van der Waals surface area contributed by atoms with Crippen LogP contribution in [-0.4, -0.2) is 39.0 Å². The van der Waals surface area contributed by atoms with Gasteiger partial charge < -0.3 is 10.0 Å². The molecule has 0 bridgehead atoms. The highest BCUT2D eigenvalue weighted by molar-refractivity contribution is 5.83. The lowest BCUT2D eigenvalue weighted by molar-refractivity contribution is -0.145. The lowest BCUT2D eigenvalue weighted by Gasteiger charge is -2.39. The van der Waals surface area contributed by atoms with E-state index in [4.69, 9.17) is 0 Å². The lowest BCUT2D eigenvalue weighted by atomic mass is 9.97. The quantitative estimate of drug-likeness (QED) is 0.938. The molecule has 4 rings (SSSR count). The van der Waals surface area contributed by atoms with Crippen LogP contribution in [0.4, 0.5) is 0 Å². The van der Waals surface area contributed by atoms with Gasteiger partial charge in [-0.15, -0.1) is 0 Å². The van der Waals surface area contributed by atoms with Crippen LogP contribution in [0.2, 0.25) is 0 Å². The molecule has 2 aliphatic rings. The van der Waals surface area contributed by atoms with Gasteiger partial charge >= 0.3 is 0 Å². The molecule has 0 spiro atoms. The molecule has 5 nitrogen and oxygen atoms in total. The Bertz CT molecular complexity index is 692. The Morgan fingerprint density at radius 3 is 2.35 bits per heavy atom. The minimum Gasteiger partial charge on any atom is -0.378 e. The van der Waals surface area contributed by atoms with Crippen molar-refractivity contribution in [1.82, 2.24) is 14.9 Å². The van der Waals surface area contributed by atoms with Crippen molar-refractivity contribution < 1.29 is 9.90 Å². The molecule has 1 aliphatic heterocycles. The van der Waals surface area contributed by atoms with Gasteiger partial charge in [-0.05, 0) is 29.9 Å². The predicted molar refractivity (Wildman–Crippen MR) is 84.7 cm³/mol. The smallest absolute Gasteiger partial charge is 0.256 e. The maximum absolute atomic E-state index is 12.3. The van der Waals surface area contributed by atoms with Gasteiger partial charge in [0.1, 0.15) is 5.82 Å². The number of nitrogens with zero attached hydrogens (tertiary/aromatic N) is 3. The monoisotopic (exact) mass is 309 g/mol. The van der Waals surface area contributed by atoms with Crippen LogP contribution in [0.1, 0.15) is 47.7 Å². The summed E-state index contributed by atoms with van der Waals surface area (Å²) in [6, 6.07) is 9.03. The Kier molecular flexibility index (Phi) is 3.58. The third-order valence-electron chi connectivity index (χ3n) is 4.65. The molecule has 23 heavy (non-hydrogen) atoms. The van der Waals surface area contributed by atoms with Crippen LogP contribution in [0.15, 0.2) is 42.7 Å². The average molecular weight is 309 g/mol. The Balaban J connectivity index is 1.36. The Labute approximate surface area is 135 Å². The second-order valence-electron chi connectivity index (χ2n) is 6.40. The standard InChI is InChI=1S/C18H19N3O2/c22-16(13-4-2-1-3-5-13)18(23)21-10-15(11-21)17-19-8-14(9-20-17)12-6-7-12/h1-5,8-9,12,15-16,22H,6-7,10-11H2. The highest BCUT2D eigenvalue weighted by Gasteiger charge is 2.36. The zero-order valence-electron chi connectivity index (χ0n) is 12.8. The van der Waals surface area contributed by atoms with Crippen molar-refractivity contribution in [2.24, 2.45) is 0 Å². The number of carbonyl (C=O) groups is 1. The number of aliphatic hydroxyl groups excluding tert-OH is 1. The molecule has 1 N–H and O–H groups in total. The van der Waals surface area contributed by atoms with Crippen LogP contribution in [0.25, 0.3) is 0 Å². The maximum atomic E-state index is 12.3. The topological polar surface area (TPSA) is 66.3 Å². The van der Waals surface area contributed by atoms with Crippen molar-refractivity contribution in [1.29, 1.82) is 0 Å². The molecule has 1 saturated carbocycles. The fourth-order valence-electron chi connectivity index (χ4n) is 2.96. The molecule has 1 amide bonds. The Hall–Kier alpha value is -2.27. The first-order valence-corrected chi connectivity index (χ1v) is 8.06. The van der Waals surface area contributed by atoms with E-state index in [9.17, 15) is 9.90 Å². The predicted octanol–water partition coefficient (Wildman–Crippen LogP) is 2.01. The van der Waals surface area contributed by atoms with E-state index < -0.39 is 6.10 Å². The molecular weight excluding hydrogens is 290 g/mol. The van der Waals surface area contributed by atoms with Crippen LogP contribution in [0.5, 0.6) is 0 Å². The second-order valence-corrected chi connectivity index (χ2v) is 6.40. The zero-order chi connectivity index (χ0) is 15.8. The summed E-state index contributed by atoms with van der Waals surface area (Å²) in [6.07, 6.45) is 5.24. The minimum absolute atomic E-state index is 0.176. The lowest BCUT2D eigenvalue weighted by Crippen LogP contribution is -2.50. The van der Waals surface area contributed by atoms with Crippen molar-refractivity contribution in [2.75, 3.05) is 13.1 Å². The minimum atomic E-state index is -1.09. The summed E-state index contributed by atoms with van der Waals surface area (Å²) >= 11 is 0. The summed E-state index contributed by atoms with van der Waals surface area (Å²) in [5, 5.41) is 10.2. The normalized spacial score (nSPS) is 19.3. The number of amides is 1. The molecule has 1 aromatic heterocycles. The van der Waals surface area contributed by atoms with E-state index in [1.54, 1.807) is 17.0 Å². The van der Waals surface area contributed by atoms with Crippen LogP contribution in [0, 0.1) is 0 Å². The molecule has 2 heterocycles. The number of hydrogen-bond acceptors (Lipinski definition) is 4. The molecule has 2 aromatic rings. The van der Waals surface area contributed by atoms with Gasteiger partial charge in [-0.3, -0.25) is 4.79 Å². The number of aromatic nitrogens is 2. The number of hydrogen-bond donors (Lipinski definition) is 1. The first kappa shape index (κ1) is 14.3. The molecule has 5 heteroatoms. The van der Waals surface area contributed by atoms with E-state index >= 15 is 0 Å². The van der Waals surface area contributed by atoms with Crippen LogP contribution >= 0.6 is 0 Å². The number of benzene rings is 1. The first-order chi connectivity index (χ1) is 11.2. The van der Waals surface area contributed by atoms with Crippen LogP contribution in [0.3, 0.4) is 0 Å². The van der Waals surface area contributed by atoms with Gasteiger partial charge in [-0.2, -0.15) is 0 Å². The number of aliphatic hydroxyl groups is 1. The van der Waals surface area contributed by atoms with E-state index in [2.05, 4.69) is 9.97 Å². The Morgan fingerprint density at radius 1 is 1.09 bits per heavy atom. The third kappa shape index (κ3) is 2.84. The summed E-state index contributed by atoms with van der Waals surface area (Å²) in [5.41, 5.74) is 1.85. The van der Waals surface area contributed by atoms with E-state index in [-0.39, 0.29) is 11.8 Å². The number of likely N-dealkylation sites (tertiary alicyclic amines) is 1. The maximum Gasteiger partial charge on any atom is 0.256 e. The van der Waals surface area contributed by atoms with Gasteiger partial charge in [0.25, 0.3) is 5.91 Å². The molecule has 1 atom stereocenters. The van der Waals surface area contributed by atoms with E-state index in [0.29, 0.717) is 24.6 Å². The molecule has 118 valence electrons. The zero-order valence-corrected chi connectivity index (χ0v) is 12.8. The van der Waals surface area contributed by atoms with E-state index in [1.807, 2.05) is 30.6 Å². The number of carbonyl (C=O) groups excluding carboxylic acids is 1. The van der Waals surface area contributed by atoms with Crippen molar-refractivity contribution in [3.8, 4) is 0 Å². The largest absolute Gasteiger partial charge is 0.378 e. The van der Waals surface area contributed by atoms with Crippen molar-refractivity contribution in [2.45, 2.75) is 30.8 Å². The van der Waals surface area contributed by atoms with Crippen molar-refractivity contribution in [3.63, 3.8) is 0 Å². The summed E-state index contributed by atoms with van der Waals surface area (Å²) in [6.45, 7) is 1.15. The van der Waals surface area contributed by atoms with Gasteiger partial charge in [0.15, 0.2) is 6.10 Å². The van der Waals surface area contributed by atoms with Gasteiger partial charge in [-0.25, -0.2) is 9.97 Å². The highest BCUT2D eigenvalue weighted by atomic mass is 16.3. The van der Waals surface area contributed by atoms with Crippen LogP contribution in [-0.2, 0) is 4.79 Å². The van der Waals surface area contributed by atoms with Gasteiger partial charge in [0.2, 0.25) is 0 Å². The number of rotatable bonds is 4.